The molecule has 0 fully saturated rings. The molecule has 4 rings (SSSR count). The summed E-state index contributed by atoms with van der Waals surface area (Å²) in [4.78, 5) is 4.96. The van der Waals surface area contributed by atoms with Crippen molar-refractivity contribution in [3.8, 4) is 6.07 Å². The van der Waals surface area contributed by atoms with Crippen molar-refractivity contribution in [2.24, 2.45) is 0 Å². The molecule has 0 spiro atoms. The van der Waals surface area contributed by atoms with Crippen LogP contribution in [0.2, 0.25) is 0 Å². The van der Waals surface area contributed by atoms with E-state index in [9.17, 15) is 13.7 Å². The number of hydrogen-bond acceptors (Lipinski definition) is 5. The molecule has 146 valence electrons. The van der Waals surface area contributed by atoms with E-state index in [-0.39, 0.29) is 6.04 Å². The number of hydrogen-bond donors (Lipinski definition) is 1. The number of aryl methyl sites for hydroxylation is 1. The van der Waals surface area contributed by atoms with Crippen LogP contribution >= 0.6 is 0 Å². The maximum Gasteiger partial charge on any atom is 0.175 e. The van der Waals surface area contributed by atoms with Crippen LogP contribution in [0.5, 0.6) is 0 Å². The first kappa shape index (κ1) is 19.0. The second-order valence-corrected chi connectivity index (χ2v) is 9.18. The molecule has 0 aliphatic rings. The maximum atomic E-state index is 11.7. The van der Waals surface area contributed by atoms with E-state index in [2.05, 4.69) is 16.4 Å². The molecule has 7 heteroatoms. The monoisotopic (exact) mass is 404 g/mol. The summed E-state index contributed by atoms with van der Waals surface area (Å²) >= 11 is 0. The predicted octanol–water partition coefficient (Wildman–Crippen LogP) is 4.24. The lowest BCUT2D eigenvalue weighted by Gasteiger charge is -2.19. The number of fused-ring (bicyclic) bond motifs is 3. The smallest absolute Gasteiger partial charge is 0.175 e. The molecule has 6 nitrogen and oxygen atoms in total. The van der Waals surface area contributed by atoms with Gasteiger partial charge in [0.15, 0.2) is 15.5 Å². The third-order valence-corrected chi connectivity index (χ3v) is 6.19. The van der Waals surface area contributed by atoms with Crippen LogP contribution in [0.3, 0.4) is 0 Å². The molecule has 2 aromatic carbocycles. The number of nitrogens with zero attached hydrogens (tertiary/aromatic N) is 3. The minimum Gasteiger partial charge on any atom is -0.365 e. The van der Waals surface area contributed by atoms with Crippen LogP contribution in [-0.2, 0) is 9.84 Å². The SMILES string of the molecule is Cc1cc(N[C@@H](C)c2ccc(S(C)(=O)=O)cc2)n2c(nc3ccccc32)c1C#N. The molecule has 0 saturated heterocycles. The van der Waals surface area contributed by atoms with Gasteiger partial charge in [-0.1, -0.05) is 24.3 Å². The van der Waals surface area contributed by atoms with Crippen LogP contribution in [-0.4, -0.2) is 24.1 Å². The van der Waals surface area contributed by atoms with E-state index >= 15 is 0 Å². The Labute approximate surface area is 169 Å². The highest BCUT2D eigenvalue weighted by Gasteiger charge is 2.17. The van der Waals surface area contributed by atoms with Crippen LogP contribution in [0.1, 0.15) is 29.7 Å². The Bertz CT molecular complexity index is 1380. The molecule has 1 N–H and O–H groups in total. The summed E-state index contributed by atoms with van der Waals surface area (Å²) in [6.45, 7) is 3.91. The summed E-state index contributed by atoms with van der Waals surface area (Å²) in [5.41, 5.74) is 4.71. The van der Waals surface area contributed by atoms with Gasteiger partial charge >= 0.3 is 0 Å². The first-order chi connectivity index (χ1) is 13.8. The fourth-order valence-corrected chi connectivity index (χ4v) is 4.14. The second-order valence-electron chi connectivity index (χ2n) is 7.17. The van der Waals surface area contributed by atoms with Gasteiger partial charge in [-0.3, -0.25) is 4.40 Å². The Morgan fingerprint density at radius 2 is 1.83 bits per heavy atom. The average Bonchev–Trinajstić information content (AvgIpc) is 3.07. The van der Waals surface area contributed by atoms with Crippen molar-refractivity contribution in [3.63, 3.8) is 0 Å². The first-order valence-corrected chi connectivity index (χ1v) is 11.1. The van der Waals surface area contributed by atoms with Crippen LogP contribution in [0.25, 0.3) is 16.7 Å². The van der Waals surface area contributed by atoms with Crippen molar-refractivity contribution in [1.29, 1.82) is 5.26 Å². The van der Waals surface area contributed by atoms with Gasteiger partial charge in [0, 0.05) is 12.3 Å². The van der Waals surface area contributed by atoms with Gasteiger partial charge in [-0.25, -0.2) is 13.4 Å². The Kier molecular flexibility index (Phi) is 4.52. The van der Waals surface area contributed by atoms with Gasteiger partial charge in [-0.15, -0.1) is 0 Å². The van der Waals surface area contributed by atoms with Gasteiger partial charge < -0.3 is 5.32 Å². The summed E-state index contributed by atoms with van der Waals surface area (Å²) in [6.07, 6.45) is 1.20. The van der Waals surface area contributed by atoms with Gasteiger partial charge in [-0.05, 0) is 55.3 Å². The predicted molar refractivity (Wildman–Crippen MR) is 114 cm³/mol. The summed E-state index contributed by atoms with van der Waals surface area (Å²) < 4.78 is 25.3. The van der Waals surface area contributed by atoms with E-state index in [0.29, 0.717) is 16.1 Å². The summed E-state index contributed by atoms with van der Waals surface area (Å²) in [6, 6.07) is 18.8. The van der Waals surface area contributed by atoms with E-state index in [1.165, 1.54) is 6.26 Å². The standard InChI is InChI=1S/C22H20N4O2S/c1-14-12-21(24-15(2)16-8-10-17(11-9-16)29(3,27)28)26-20-7-5-4-6-19(20)25-22(26)18(14)13-23/h4-12,15,24H,1-3H3/t15-/m0/s1. The summed E-state index contributed by atoms with van der Waals surface area (Å²) in [5, 5.41) is 13.1. The van der Waals surface area contributed by atoms with E-state index in [1.54, 1.807) is 12.1 Å². The molecule has 2 heterocycles. The average molecular weight is 404 g/mol. The first-order valence-electron chi connectivity index (χ1n) is 9.17. The highest BCUT2D eigenvalue weighted by Crippen LogP contribution is 2.29. The van der Waals surface area contributed by atoms with E-state index in [4.69, 9.17) is 0 Å². The molecule has 0 bridgehead atoms. The Morgan fingerprint density at radius 3 is 2.48 bits per heavy atom. The molecule has 0 aliphatic heterocycles. The number of benzene rings is 2. The maximum absolute atomic E-state index is 11.7. The zero-order chi connectivity index (χ0) is 20.8. The fraction of sp³-hybridized carbons (Fsp3) is 0.182. The third kappa shape index (κ3) is 3.32. The molecule has 0 unspecified atom stereocenters. The van der Waals surface area contributed by atoms with E-state index in [0.717, 1.165) is 28.0 Å². The number of pyridine rings is 1. The quantitative estimate of drug-likeness (QED) is 0.550. The van der Waals surface area contributed by atoms with Crippen LogP contribution in [0.15, 0.2) is 59.5 Å². The van der Waals surface area contributed by atoms with Crippen molar-refractivity contribution in [1.82, 2.24) is 9.38 Å². The van der Waals surface area contributed by atoms with Crippen LogP contribution in [0, 0.1) is 18.3 Å². The number of imidazole rings is 1. The Hall–Kier alpha value is -3.37. The number of nitriles is 1. The van der Waals surface area contributed by atoms with E-state index in [1.807, 2.05) is 60.7 Å². The lowest BCUT2D eigenvalue weighted by molar-refractivity contribution is 0.602. The van der Waals surface area contributed by atoms with Crippen molar-refractivity contribution in [3.05, 3.63) is 71.3 Å². The zero-order valence-corrected chi connectivity index (χ0v) is 17.2. The lowest BCUT2D eigenvalue weighted by Crippen LogP contribution is -2.11. The molecule has 0 aliphatic carbocycles. The molecule has 4 aromatic rings. The number of aromatic nitrogens is 2. The van der Waals surface area contributed by atoms with Crippen molar-refractivity contribution >= 4 is 32.3 Å². The third-order valence-electron chi connectivity index (χ3n) is 5.06. The largest absolute Gasteiger partial charge is 0.365 e. The zero-order valence-electron chi connectivity index (χ0n) is 16.3. The summed E-state index contributed by atoms with van der Waals surface area (Å²) in [7, 11) is -3.23. The minimum absolute atomic E-state index is 0.0830. The van der Waals surface area contributed by atoms with Gasteiger partial charge in [0.25, 0.3) is 0 Å². The van der Waals surface area contributed by atoms with Gasteiger partial charge in [0.1, 0.15) is 11.9 Å². The van der Waals surface area contributed by atoms with Gasteiger partial charge in [0.05, 0.1) is 21.5 Å². The molecule has 0 radical (unpaired) electrons. The fourth-order valence-electron chi connectivity index (χ4n) is 3.51. The number of nitrogens with one attached hydrogen (secondary N) is 1. The van der Waals surface area contributed by atoms with Crippen LogP contribution < -0.4 is 5.32 Å². The number of sulfone groups is 1. The molecule has 0 amide bonds. The molecule has 2 aromatic heterocycles. The molecular weight excluding hydrogens is 384 g/mol. The number of anilines is 1. The summed E-state index contributed by atoms with van der Waals surface area (Å²) in [5.74, 6) is 0.824. The molecule has 1 atom stereocenters. The highest BCUT2D eigenvalue weighted by molar-refractivity contribution is 7.90. The normalized spacial score (nSPS) is 12.8. The molecule has 0 saturated carbocycles. The topological polar surface area (TPSA) is 87.3 Å². The lowest BCUT2D eigenvalue weighted by atomic mass is 10.1. The Morgan fingerprint density at radius 1 is 1.14 bits per heavy atom. The van der Waals surface area contributed by atoms with Crippen molar-refractivity contribution in [2.75, 3.05) is 11.6 Å². The van der Waals surface area contributed by atoms with Gasteiger partial charge in [0.2, 0.25) is 0 Å². The van der Waals surface area contributed by atoms with Crippen LogP contribution in [0.4, 0.5) is 5.82 Å². The minimum atomic E-state index is -3.23. The van der Waals surface area contributed by atoms with Gasteiger partial charge in [-0.2, -0.15) is 5.26 Å². The molecule has 29 heavy (non-hydrogen) atoms. The number of para-hydroxylation sites is 2. The van der Waals surface area contributed by atoms with E-state index < -0.39 is 9.84 Å². The van der Waals surface area contributed by atoms with Crippen molar-refractivity contribution < 1.29 is 8.42 Å². The number of rotatable bonds is 4. The Balaban J connectivity index is 1.81. The second kappa shape index (κ2) is 6.90. The molecular formula is C22H20N4O2S. The highest BCUT2D eigenvalue weighted by atomic mass is 32.2. The van der Waals surface area contributed by atoms with Crippen molar-refractivity contribution in [2.45, 2.75) is 24.8 Å².